The Bertz CT molecular complexity index is 362. The van der Waals surface area contributed by atoms with Crippen LogP contribution in [0.2, 0.25) is 0 Å². The monoisotopic (exact) mass is 302 g/mol. The van der Waals surface area contributed by atoms with Crippen LogP contribution in [0.1, 0.15) is 39.0 Å². The van der Waals surface area contributed by atoms with Gasteiger partial charge < -0.3 is 15.3 Å². The fourth-order valence-electron chi connectivity index (χ4n) is 1.95. The quantitative estimate of drug-likeness (QED) is 0.655. The molecule has 1 aliphatic rings. The van der Waals surface area contributed by atoms with E-state index in [4.69, 9.17) is 5.11 Å². The highest BCUT2D eigenvalue weighted by Crippen LogP contribution is 2.22. The van der Waals surface area contributed by atoms with Crippen molar-refractivity contribution in [3.63, 3.8) is 0 Å². The molecule has 7 heteroatoms. The van der Waals surface area contributed by atoms with Crippen molar-refractivity contribution in [1.82, 2.24) is 10.2 Å². The number of hydrogen-bond acceptors (Lipinski definition) is 4. The molecule has 6 nitrogen and oxygen atoms in total. The minimum atomic E-state index is -0.868. The maximum Gasteiger partial charge on any atom is 0.303 e. The summed E-state index contributed by atoms with van der Waals surface area (Å²) in [6.07, 6.45) is 2.73. The van der Waals surface area contributed by atoms with E-state index in [9.17, 15) is 14.4 Å². The molecule has 0 aromatic carbocycles. The second-order valence-electron chi connectivity index (χ2n) is 4.77. The molecule has 1 atom stereocenters. The summed E-state index contributed by atoms with van der Waals surface area (Å²) in [5.41, 5.74) is 0. The van der Waals surface area contributed by atoms with Crippen LogP contribution in [0.5, 0.6) is 0 Å². The number of aliphatic carboxylic acids is 1. The number of thioether (sulfide) groups is 1. The lowest BCUT2D eigenvalue weighted by molar-refractivity contribution is -0.138. The number of nitrogens with one attached hydrogen (secondary N) is 1. The van der Waals surface area contributed by atoms with Gasteiger partial charge in [0.2, 0.25) is 11.8 Å². The molecule has 0 bridgehead atoms. The van der Waals surface area contributed by atoms with E-state index in [1.807, 2.05) is 6.92 Å². The summed E-state index contributed by atoms with van der Waals surface area (Å²) in [6, 6.07) is -0.408. The third-order valence-corrected chi connectivity index (χ3v) is 4.13. The third-order valence-electron chi connectivity index (χ3n) is 3.12. The van der Waals surface area contributed by atoms with Crippen LogP contribution in [0, 0.1) is 0 Å². The van der Waals surface area contributed by atoms with Crippen molar-refractivity contribution in [1.29, 1.82) is 0 Å². The molecule has 20 heavy (non-hydrogen) atoms. The van der Waals surface area contributed by atoms with Crippen molar-refractivity contribution in [3.05, 3.63) is 0 Å². The summed E-state index contributed by atoms with van der Waals surface area (Å²) >= 11 is 1.57. The van der Waals surface area contributed by atoms with Crippen LogP contribution >= 0.6 is 11.8 Å². The zero-order valence-corrected chi connectivity index (χ0v) is 12.6. The topological polar surface area (TPSA) is 86.7 Å². The molecule has 0 aromatic heterocycles. The van der Waals surface area contributed by atoms with Gasteiger partial charge in [0.15, 0.2) is 0 Å². The van der Waals surface area contributed by atoms with Gasteiger partial charge in [-0.05, 0) is 12.8 Å². The molecule has 1 fully saturated rings. The van der Waals surface area contributed by atoms with Crippen LogP contribution in [0.15, 0.2) is 0 Å². The van der Waals surface area contributed by atoms with Crippen molar-refractivity contribution in [2.45, 2.75) is 45.1 Å². The van der Waals surface area contributed by atoms with Crippen LogP contribution in [0.25, 0.3) is 0 Å². The highest BCUT2D eigenvalue weighted by atomic mass is 32.2. The van der Waals surface area contributed by atoms with E-state index in [0.29, 0.717) is 31.0 Å². The number of amides is 2. The molecule has 0 radical (unpaired) electrons. The van der Waals surface area contributed by atoms with E-state index in [1.54, 1.807) is 16.7 Å². The van der Waals surface area contributed by atoms with Gasteiger partial charge in [-0.1, -0.05) is 13.3 Å². The Balaban J connectivity index is 2.37. The van der Waals surface area contributed by atoms with Crippen LogP contribution in [-0.2, 0) is 14.4 Å². The van der Waals surface area contributed by atoms with Gasteiger partial charge in [-0.15, -0.1) is 11.8 Å². The fraction of sp³-hybridized carbons (Fsp3) is 0.769. The number of carbonyl (C=O) groups is 3. The number of rotatable bonds is 8. The summed E-state index contributed by atoms with van der Waals surface area (Å²) < 4.78 is 0. The fourth-order valence-corrected chi connectivity index (χ4v) is 3.13. The third kappa shape index (κ3) is 5.40. The molecule has 0 spiro atoms. The lowest BCUT2D eigenvalue weighted by Crippen LogP contribution is -2.47. The Morgan fingerprint density at radius 1 is 1.30 bits per heavy atom. The summed E-state index contributed by atoms with van der Waals surface area (Å²) in [5, 5.41) is 11.2. The van der Waals surface area contributed by atoms with Crippen molar-refractivity contribution >= 4 is 29.5 Å². The molecule has 2 amide bonds. The van der Waals surface area contributed by atoms with Crippen LogP contribution in [0.3, 0.4) is 0 Å². The first-order valence-corrected chi connectivity index (χ1v) is 8.08. The number of carboxylic acids is 1. The number of carbonyl (C=O) groups excluding carboxylic acids is 2. The van der Waals surface area contributed by atoms with E-state index in [1.165, 1.54) is 0 Å². The smallest absolute Gasteiger partial charge is 0.303 e. The maximum absolute atomic E-state index is 12.0. The molecular formula is C13H22N2O4S. The van der Waals surface area contributed by atoms with Gasteiger partial charge in [0, 0.05) is 25.1 Å². The number of nitrogens with zero attached hydrogens (tertiary/aromatic N) is 1. The molecule has 1 aliphatic heterocycles. The predicted molar refractivity (Wildman–Crippen MR) is 77.4 cm³/mol. The zero-order valence-electron chi connectivity index (χ0n) is 11.8. The molecule has 1 heterocycles. The van der Waals surface area contributed by atoms with Gasteiger partial charge >= 0.3 is 5.97 Å². The molecule has 0 saturated carbocycles. The second kappa shape index (κ2) is 8.84. The van der Waals surface area contributed by atoms with Crippen molar-refractivity contribution in [2.75, 3.05) is 18.2 Å². The summed E-state index contributed by atoms with van der Waals surface area (Å²) in [7, 11) is 0. The highest BCUT2D eigenvalue weighted by molar-refractivity contribution is 7.99. The molecule has 1 saturated heterocycles. The predicted octanol–water partition coefficient (Wildman–Crippen LogP) is 1.06. The zero-order chi connectivity index (χ0) is 15.0. The second-order valence-corrected chi connectivity index (χ2v) is 5.77. The van der Waals surface area contributed by atoms with Crippen molar-refractivity contribution in [3.8, 4) is 0 Å². The van der Waals surface area contributed by atoms with Gasteiger partial charge in [0.25, 0.3) is 0 Å². The molecule has 2 N–H and O–H groups in total. The first-order valence-electron chi connectivity index (χ1n) is 6.93. The summed E-state index contributed by atoms with van der Waals surface area (Å²) in [4.78, 5) is 36.0. The van der Waals surface area contributed by atoms with E-state index in [0.717, 1.165) is 12.8 Å². The van der Waals surface area contributed by atoms with Gasteiger partial charge in [-0.3, -0.25) is 14.4 Å². The van der Waals surface area contributed by atoms with Crippen LogP contribution in [-0.4, -0.2) is 52.0 Å². The highest BCUT2D eigenvalue weighted by Gasteiger charge is 2.33. The Hall–Kier alpha value is -1.24. The Morgan fingerprint density at radius 3 is 2.70 bits per heavy atom. The van der Waals surface area contributed by atoms with Gasteiger partial charge in [-0.2, -0.15) is 0 Å². The van der Waals surface area contributed by atoms with E-state index in [-0.39, 0.29) is 18.2 Å². The number of hydrogen-bond donors (Lipinski definition) is 2. The maximum atomic E-state index is 12.0. The first-order chi connectivity index (χ1) is 9.56. The molecule has 1 rings (SSSR count). The van der Waals surface area contributed by atoms with Crippen molar-refractivity contribution in [2.24, 2.45) is 0 Å². The number of unbranched alkanes of at least 4 members (excludes halogenated alkanes) is 1. The van der Waals surface area contributed by atoms with Gasteiger partial charge in [0.05, 0.1) is 5.88 Å². The van der Waals surface area contributed by atoms with Gasteiger partial charge in [0.1, 0.15) is 6.04 Å². The Morgan fingerprint density at radius 2 is 2.05 bits per heavy atom. The normalized spacial score (nSPS) is 18.1. The largest absolute Gasteiger partial charge is 0.481 e. The van der Waals surface area contributed by atoms with Crippen molar-refractivity contribution < 1.29 is 19.5 Å². The summed E-state index contributed by atoms with van der Waals surface area (Å²) in [6.45, 7) is 2.36. The average molecular weight is 302 g/mol. The molecule has 0 aliphatic carbocycles. The van der Waals surface area contributed by atoms with Gasteiger partial charge in [-0.25, -0.2) is 0 Å². The number of carboxylic acid groups (broad SMARTS) is 1. The molecule has 0 aromatic rings. The van der Waals surface area contributed by atoms with E-state index >= 15 is 0 Å². The first kappa shape index (κ1) is 16.8. The minimum absolute atomic E-state index is 0.0301. The van der Waals surface area contributed by atoms with Crippen LogP contribution < -0.4 is 5.32 Å². The van der Waals surface area contributed by atoms with Crippen LogP contribution in [0.4, 0.5) is 0 Å². The Kier molecular flexibility index (Phi) is 7.43. The van der Waals surface area contributed by atoms with E-state index < -0.39 is 12.0 Å². The lowest BCUT2D eigenvalue weighted by Gasteiger charge is -2.23. The molecular weight excluding hydrogens is 280 g/mol. The SMILES string of the molecule is CCCCC(=O)N1CSCC1C(=O)NCCCC(=O)O. The average Bonchev–Trinajstić information content (AvgIpc) is 2.89. The van der Waals surface area contributed by atoms with E-state index in [2.05, 4.69) is 5.32 Å². The standard InChI is InChI=1S/C13H22N2O4S/c1-2-3-5-11(16)15-9-20-8-10(15)13(19)14-7-4-6-12(17)18/h10H,2-9H2,1H3,(H,14,19)(H,17,18). The molecule has 114 valence electrons. The minimum Gasteiger partial charge on any atom is -0.481 e. The molecule has 1 unspecified atom stereocenters. The lowest BCUT2D eigenvalue weighted by atomic mass is 10.2. The Labute approximate surface area is 123 Å². The summed E-state index contributed by atoms with van der Waals surface area (Å²) in [5.74, 6) is 0.165.